The first-order valence-electron chi connectivity index (χ1n) is 5.05. The smallest absolute Gasteiger partial charge is 0.200 e. The normalized spacial score (nSPS) is 19.5. The van der Waals surface area contributed by atoms with Crippen molar-refractivity contribution in [3.05, 3.63) is 47.6 Å². The number of hydrogen-bond donors (Lipinski definition) is 0. The van der Waals surface area contributed by atoms with Crippen LogP contribution in [0.25, 0.3) is 0 Å². The Hall–Kier alpha value is -2.03. The Morgan fingerprint density at radius 1 is 0.875 bits per heavy atom. The number of allylic oxidation sites excluding steroid dienone is 8. The van der Waals surface area contributed by atoms with Gasteiger partial charge in [-0.25, -0.2) is 0 Å². The van der Waals surface area contributed by atoms with Gasteiger partial charge in [0.05, 0.1) is 11.1 Å². The zero-order valence-electron chi connectivity index (χ0n) is 8.60. The van der Waals surface area contributed by atoms with Crippen LogP contribution in [0.3, 0.4) is 0 Å². The Morgan fingerprint density at radius 3 is 1.69 bits per heavy atom. The second-order valence-corrected chi connectivity index (χ2v) is 3.60. The predicted octanol–water partition coefficient (Wildman–Crippen LogP) is 1.47. The molecule has 2 aliphatic carbocycles. The van der Waals surface area contributed by atoms with Crippen LogP contribution < -0.4 is 0 Å². The van der Waals surface area contributed by atoms with Crippen molar-refractivity contribution in [2.24, 2.45) is 0 Å². The largest absolute Gasteiger partial charge is 0.294 e. The summed E-state index contributed by atoms with van der Waals surface area (Å²) in [5.41, 5.74) is 0.217. The lowest BCUT2D eigenvalue weighted by Crippen LogP contribution is -2.21. The molecule has 0 saturated heterocycles. The monoisotopic (exact) mass is 214 g/mol. The van der Waals surface area contributed by atoms with Crippen molar-refractivity contribution < 1.29 is 14.4 Å². The zero-order chi connectivity index (χ0) is 11.5. The van der Waals surface area contributed by atoms with Gasteiger partial charge >= 0.3 is 0 Å². The van der Waals surface area contributed by atoms with Crippen LogP contribution in [0.5, 0.6) is 0 Å². The van der Waals surface area contributed by atoms with Crippen molar-refractivity contribution in [3.8, 4) is 0 Å². The lowest BCUT2D eigenvalue weighted by atomic mass is 9.90. The molecule has 16 heavy (non-hydrogen) atoms. The fourth-order valence-electron chi connectivity index (χ4n) is 1.63. The molecular formula is C13H10O3. The van der Waals surface area contributed by atoms with E-state index in [2.05, 4.69) is 0 Å². The minimum Gasteiger partial charge on any atom is -0.294 e. The van der Waals surface area contributed by atoms with Crippen molar-refractivity contribution in [2.75, 3.05) is 0 Å². The molecule has 0 radical (unpaired) electrons. The van der Waals surface area contributed by atoms with Crippen molar-refractivity contribution in [3.63, 3.8) is 0 Å². The highest BCUT2D eigenvalue weighted by atomic mass is 16.2. The fraction of sp³-hybridized carbons (Fsp3) is 0.154. The third kappa shape index (κ3) is 1.84. The summed E-state index contributed by atoms with van der Waals surface area (Å²) < 4.78 is 0. The molecule has 0 fully saturated rings. The summed E-state index contributed by atoms with van der Waals surface area (Å²) >= 11 is 0. The molecule has 0 atom stereocenters. The van der Waals surface area contributed by atoms with Crippen molar-refractivity contribution in [1.29, 1.82) is 0 Å². The summed E-state index contributed by atoms with van der Waals surface area (Å²) in [5, 5.41) is 0. The van der Waals surface area contributed by atoms with E-state index in [1.165, 1.54) is 12.2 Å². The standard InChI is InChI=1S/C13H10O3/c14-11-7-3-1-5-9(11)13(16)10-6-2-4-8-12(10)15/h1-6H,7-8H2. The molecule has 0 unspecified atom stereocenters. The van der Waals surface area contributed by atoms with Crippen LogP contribution in [-0.2, 0) is 14.4 Å². The van der Waals surface area contributed by atoms with Gasteiger partial charge in [0.1, 0.15) is 0 Å². The quantitative estimate of drug-likeness (QED) is 0.654. The third-order valence-electron chi connectivity index (χ3n) is 2.49. The van der Waals surface area contributed by atoms with Gasteiger partial charge in [-0.2, -0.15) is 0 Å². The average molecular weight is 214 g/mol. The maximum atomic E-state index is 11.9. The number of hydrogen-bond acceptors (Lipinski definition) is 3. The number of rotatable bonds is 2. The van der Waals surface area contributed by atoms with Crippen LogP contribution in [0, 0.1) is 0 Å². The molecule has 2 aliphatic rings. The highest BCUT2D eigenvalue weighted by Crippen LogP contribution is 2.17. The van der Waals surface area contributed by atoms with Gasteiger partial charge in [-0.05, 0) is 12.2 Å². The van der Waals surface area contributed by atoms with Crippen molar-refractivity contribution >= 4 is 17.3 Å². The topological polar surface area (TPSA) is 51.2 Å². The van der Waals surface area contributed by atoms with Gasteiger partial charge in [-0.1, -0.05) is 24.3 Å². The van der Waals surface area contributed by atoms with E-state index in [-0.39, 0.29) is 35.6 Å². The molecular weight excluding hydrogens is 204 g/mol. The predicted molar refractivity (Wildman–Crippen MR) is 58.7 cm³/mol. The zero-order valence-corrected chi connectivity index (χ0v) is 8.60. The molecule has 0 saturated carbocycles. The van der Waals surface area contributed by atoms with Crippen molar-refractivity contribution in [1.82, 2.24) is 0 Å². The maximum absolute atomic E-state index is 11.9. The second-order valence-electron chi connectivity index (χ2n) is 3.60. The van der Waals surface area contributed by atoms with Gasteiger partial charge < -0.3 is 0 Å². The second kappa shape index (κ2) is 4.23. The number of carbonyl (C=O) groups is 3. The Kier molecular flexibility index (Phi) is 2.77. The molecule has 80 valence electrons. The Balaban J connectivity index is 2.32. The van der Waals surface area contributed by atoms with E-state index in [4.69, 9.17) is 0 Å². The van der Waals surface area contributed by atoms with E-state index in [1.54, 1.807) is 24.3 Å². The van der Waals surface area contributed by atoms with E-state index in [0.717, 1.165) is 0 Å². The average Bonchev–Trinajstić information content (AvgIpc) is 2.29. The SMILES string of the molecule is O=C1CC=CC=C1C(=O)C1=CC=CCC1=O. The summed E-state index contributed by atoms with van der Waals surface area (Å²) in [6.45, 7) is 0. The minimum atomic E-state index is -0.455. The minimum absolute atomic E-state index is 0.109. The lowest BCUT2D eigenvalue weighted by molar-refractivity contribution is -0.121. The molecule has 0 N–H and O–H groups in total. The van der Waals surface area contributed by atoms with E-state index < -0.39 is 5.78 Å². The number of carbonyl (C=O) groups excluding carboxylic acids is 3. The first-order chi connectivity index (χ1) is 7.70. The molecule has 0 bridgehead atoms. The highest BCUT2D eigenvalue weighted by molar-refractivity contribution is 6.35. The van der Waals surface area contributed by atoms with E-state index in [1.807, 2.05) is 0 Å². The summed E-state index contributed by atoms with van der Waals surface area (Å²) in [5.74, 6) is -0.907. The molecule has 0 aliphatic heterocycles. The van der Waals surface area contributed by atoms with E-state index in [9.17, 15) is 14.4 Å². The van der Waals surface area contributed by atoms with Crippen LogP contribution >= 0.6 is 0 Å². The summed E-state index contributed by atoms with van der Waals surface area (Å²) in [7, 11) is 0. The summed E-state index contributed by atoms with van der Waals surface area (Å²) in [6, 6.07) is 0. The molecule has 0 aromatic heterocycles. The molecule has 0 amide bonds. The van der Waals surface area contributed by atoms with Crippen LogP contribution in [0.2, 0.25) is 0 Å². The maximum Gasteiger partial charge on any atom is 0.200 e. The molecule has 2 rings (SSSR count). The molecule has 3 heteroatoms. The van der Waals surface area contributed by atoms with Gasteiger partial charge in [0.15, 0.2) is 17.3 Å². The Bertz CT molecular complexity index is 443. The third-order valence-corrected chi connectivity index (χ3v) is 2.49. The molecule has 0 aromatic rings. The van der Waals surface area contributed by atoms with Crippen LogP contribution in [-0.4, -0.2) is 17.3 Å². The molecule has 0 heterocycles. The number of Topliss-reactive ketones (excluding diaryl/α,β-unsaturated/α-hetero) is 3. The number of ketones is 3. The summed E-state index contributed by atoms with van der Waals surface area (Å²) in [6.07, 6.45) is 10.1. The first kappa shape index (κ1) is 10.5. The van der Waals surface area contributed by atoms with E-state index in [0.29, 0.717) is 0 Å². The van der Waals surface area contributed by atoms with Gasteiger partial charge in [-0.3, -0.25) is 14.4 Å². The fourth-order valence-corrected chi connectivity index (χ4v) is 1.63. The summed E-state index contributed by atoms with van der Waals surface area (Å²) in [4.78, 5) is 34.9. The van der Waals surface area contributed by atoms with Gasteiger partial charge in [0.2, 0.25) is 0 Å². The van der Waals surface area contributed by atoms with Crippen LogP contribution in [0.1, 0.15) is 12.8 Å². The Morgan fingerprint density at radius 2 is 1.31 bits per heavy atom. The van der Waals surface area contributed by atoms with Gasteiger partial charge in [-0.15, -0.1) is 0 Å². The first-order valence-corrected chi connectivity index (χ1v) is 5.05. The molecule has 0 aromatic carbocycles. The van der Waals surface area contributed by atoms with Gasteiger partial charge in [0.25, 0.3) is 0 Å². The van der Waals surface area contributed by atoms with Crippen LogP contribution in [0.15, 0.2) is 47.6 Å². The molecule has 3 nitrogen and oxygen atoms in total. The molecule has 0 spiro atoms. The van der Waals surface area contributed by atoms with Crippen LogP contribution in [0.4, 0.5) is 0 Å². The van der Waals surface area contributed by atoms with E-state index >= 15 is 0 Å². The highest BCUT2D eigenvalue weighted by Gasteiger charge is 2.25. The lowest BCUT2D eigenvalue weighted by Gasteiger charge is -2.10. The Labute approximate surface area is 92.8 Å². The van der Waals surface area contributed by atoms with Crippen molar-refractivity contribution in [2.45, 2.75) is 12.8 Å². The van der Waals surface area contributed by atoms with Gasteiger partial charge in [0, 0.05) is 12.8 Å².